The van der Waals surface area contributed by atoms with Crippen LogP contribution in [0.4, 0.5) is 0 Å². The van der Waals surface area contributed by atoms with Crippen molar-refractivity contribution in [2.75, 3.05) is 14.2 Å². The summed E-state index contributed by atoms with van der Waals surface area (Å²) in [5.74, 6) is 1.19. The van der Waals surface area contributed by atoms with Crippen LogP contribution in [-0.4, -0.2) is 26.3 Å². The summed E-state index contributed by atoms with van der Waals surface area (Å²) in [6.45, 7) is 1.72. The van der Waals surface area contributed by atoms with Crippen molar-refractivity contribution >= 4 is 5.78 Å². The van der Waals surface area contributed by atoms with E-state index < -0.39 is 0 Å². The van der Waals surface area contributed by atoms with E-state index in [0.29, 0.717) is 17.6 Å². The third-order valence-corrected chi connectivity index (χ3v) is 3.48. The molecule has 0 saturated heterocycles. The molecule has 1 aliphatic carbocycles. The smallest absolute Gasteiger partial charge is 0.156 e. The molecule has 0 aliphatic heterocycles. The molecule has 0 radical (unpaired) electrons. The maximum atomic E-state index is 11.4. The predicted octanol–water partition coefficient (Wildman–Crippen LogP) is 2.39. The number of hydrogen-bond donors (Lipinski definition) is 0. The Morgan fingerprint density at radius 1 is 1.33 bits per heavy atom. The fourth-order valence-electron chi connectivity index (χ4n) is 2.60. The van der Waals surface area contributed by atoms with Gasteiger partial charge >= 0.3 is 0 Å². The minimum absolute atomic E-state index is 0.113. The summed E-state index contributed by atoms with van der Waals surface area (Å²) in [6, 6.07) is 0. The SMILES string of the molecule is COC(CC[C@H]1CCC[C@H]1C(C)=O)OC. The first-order chi connectivity index (χ1) is 7.19. The second-order valence-corrected chi connectivity index (χ2v) is 4.39. The average Bonchev–Trinajstić information content (AvgIpc) is 2.67. The fraction of sp³-hybridized carbons (Fsp3) is 0.917. The van der Waals surface area contributed by atoms with Crippen LogP contribution in [0.15, 0.2) is 0 Å². The summed E-state index contributed by atoms with van der Waals surface area (Å²) in [7, 11) is 3.32. The van der Waals surface area contributed by atoms with Gasteiger partial charge in [0.25, 0.3) is 0 Å². The maximum absolute atomic E-state index is 11.4. The summed E-state index contributed by atoms with van der Waals surface area (Å²) in [4.78, 5) is 11.4. The van der Waals surface area contributed by atoms with E-state index in [1.807, 2.05) is 0 Å². The molecule has 3 heteroatoms. The molecule has 0 unspecified atom stereocenters. The summed E-state index contributed by atoms with van der Waals surface area (Å²) in [5.41, 5.74) is 0. The van der Waals surface area contributed by atoms with Crippen molar-refractivity contribution in [3.05, 3.63) is 0 Å². The highest BCUT2D eigenvalue weighted by molar-refractivity contribution is 5.78. The van der Waals surface area contributed by atoms with E-state index in [0.717, 1.165) is 19.3 Å². The summed E-state index contributed by atoms with van der Waals surface area (Å²) in [5, 5.41) is 0. The van der Waals surface area contributed by atoms with Gasteiger partial charge in [-0.3, -0.25) is 4.79 Å². The van der Waals surface area contributed by atoms with Gasteiger partial charge < -0.3 is 9.47 Å². The quantitative estimate of drug-likeness (QED) is 0.637. The van der Waals surface area contributed by atoms with E-state index in [4.69, 9.17) is 9.47 Å². The van der Waals surface area contributed by atoms with Gasteiger partial charge in [0.2, 0.25) is 0 Å². The Morgan fingerprint density at radius 3 is 2.53 bits per heavy atom. The highest BCUT2D eigenvalue weighted by Crippen LogP contribution is 2.35. The minimum Gasteiger partial charge on any atom is -0.356 e. The summed E-state index contributed by atoms with van der Waals surface area (Å²) < 4.78 is 10.3. The molecule has 0 aromatic heterocycles. The van der Waals surface area contributed by atoms with Crippen molar-refractivity contribution < 1.29 is 14.3 Å². The van der Waals surface area contributed by atoms with Crippen LogP contribution in [0.1, 0.15) is 39.0 Å². The molecule has 0 bridgehead atoms. The van der Waals surface area contributed by atoms with Crippen molar-refractivity contribution in [2.24, 2.45) is 11.8 Å². The summed E-state index contributed by atoms with van der Waals surface area (Å²) >= 11 is 0. The summed E-state index contributed by atoms with van der Waals surface area (Å²) in [6.07, 6.45) is 5.27. The van der Waals surface area contributed by atoms with E-state index in [2.05, 4.69) is 0 Å². The molecular weight excluding hydrogens is 192 g/mol. The molecule has 3 nitrogen and oxygen atoms in total. The third kappa shape index (κ3) is 3.58. The van der Waals surface area contributed by atoms with E-state index in [9.17, 15) is 4.79 Å². The van der Waals surface area contributed by atoms with Crippen LogP contribution in [0.5, 0.6) is 0 Å². The number of carbonyl (C=O) groups is 1. The number of Topliss-reactive ketones (excluding diaryl/α,β-unsaturated/α-hetero) is 1. The van der Waals surface area contributed by atoms with Crippen LogP contribution >= 0.6 is 0 Å². The normalized spacial score (nSPS) is 26.1. The molecule has 0 aromatic carbocycles. The van der Waals surface area contributed by atoms with Gasteiger partial charge in [-0.1, -0.05) is 6.42 Å². The van der Waals surface area contributed by atoms with Gasteiger partial charge in [-0.25, -0.2) is 0 Å². The molecule has 88 valence electrons. The van der Waals surface area contributed by atoms with Gasteiger partial charge in [-0.05, 0) is 38.5 Å². The van der Waals surface area contributed by atoms with Gasteiger partial charge in [0.05, 0.1) is 0 Å². The van der Waals surface area contributed by atoms with Crippen LogP contribution in [0, 0.1) is 11.8 Å². The van der Waals surface area contributed by atoms with Gasteiger partial charge in [0.1, 0.15) is 5.78 Å². The first kappa shape index (κ1) is 12.7. The Morgan fingerprint density at radius 2 is 2.00 bits per heavy atom. The standard InChI is InChI=1S/C12H22O3/c1-9(13)11-6-4-5-10(11)7-8-12(14-2)15-3/h10-12H,4-8H2,1-3H3/t10-,11+/m1/s1. The number of rotatable bonds is 6. The lowest BCUT2D eigenvalue weighted by Gasteiger charge is -2.19. The molecule has 0 N–H and O–H groups in total. The zero-order valence-electron chi connectivity index (χ0n) is 9.99. The molecule has 0 amide bonds. The second-order valence-electron chi connectivity index (χ2n) is 4.39. The lowest BCUT2D eigenvalue weighted by atomic mass is 9.89. The number of hydrogen-bond acceptors (Lipinski definition) is 3. The number of ether oxygens (including phenoxy) is 2. The Balaban J connectivity index is 2.34. The third-order valence-electron chi connectivity index (χ3n) is 3.48. The first-order valence-corrected chi connectivity index (χ1v) is 5.75. The molecule has 0 aromatic rings. The molecule has 1 saturated carbocycles. The van der Waals surface area contributed by atoms with E-state index in [1.165, 1.54) is 12.8 Å². The van der Waals surface area contributed by atoms with Gasteiger partial charge in [-0.15, -0.1) is 0 Å². The van der Waals surface area contributed by atoms with Crippen LogP contribution in [-0.2, 0) is 14.3 Å². The van der Waals surface area contributed by atoms with E-state index in [1.54, 1.807) is 21.1 Å². The lowest BCUT2D eigenvalue weighted by molar-refractivity contribution is -0.123. The molecule has 1 fully saturated rings. The average molecular weight is 214 g/mol. The minimum atomic E-state index is -0.113. The fourth-order valence-corrected chi connectivity index (χ4v) is 2.60. The molecule has 15 heavy (non-hydrogen) atoms. The molecule has 2 atom stereocenters. The van der Waals surface area contributed by atoms with Crippen molar-refractivity contribution in [2.45, 2.75) is 45.3 Å². The second kappa shape index (κ2) is 6.23. The van der Waals surface area contributed by atoms with Crippen molar-refractivity contribution in [3.8, 4) is 0 Å². The lowest BCUT2D eigenvalue weighted by Crippen LogP contribution is -2.19. The highest BCUT2D eigenvalue weighted by atomic mass is 16.7. The largest absolute Gasteiger partial charge is 0.356 e. The predicted molar refractivity (Wildman–Crippen MR) is 58.6 cm³/mol. The molecule has 0 spiro atoms. The number of ketones is 1. The van der Waals surface area contributed by atoms with Crippen molar-refractivity contribution in [1.29, 1.82) is 0 Å². The molecule has 1 aliphatic rings. The number of carbonyl (C=O) groups excluding carboxylic acids is 1. The molecule has 0 heterocycles. The van der Waals surface area contributed by atoms with Gasteiger partial charge in [0, 0.05) is 20.1 Å². The van der Waals surface area contributed by atoms with Crippen LogP contribution in [0.2, 0.25) is 0 Å². The monoisotopic (exact) mass is 214 g/mol. The topological polar surface area (TPSA) is 35.5 Å². The van der Waals surface area contributed by atoms with Crippen LogP contribution < -0.4 is 0 Å². The maximum Gasteiger partial charge on any atom is 0.156 e. The van der Waals surface area contributed by atoms with Crippen molar-refractivity contribution in [3.63, 3.8) is 0 Å². The first-order valence-electron chi connectivity index (χ1n) is 5.75. The van der Waals surface area contributed by atoms with Crippen LogP contribution in [0.25, 0.3) is 0 Å². The Labute approximate surface area is 92.1 Å². The Kier molecular flexibility index (Phi) is 5.26. The van der Waals surface area contributed by atoms with Gasteiger partial charge in [-0.2, -0.15) is 0 Å². The highest BCUT2D eigenvalue weighted by Gasteiger charge is 2.30. The zero-order chi connectivity index (χ0) is 11.3. The Hall–Kier alpha value is -0.410. The zero-order valence-corrected chi connectivity index (χ0v) is 9.99. The van der Waals surface area contributed by atoms with E-state index in [-0.39, 0.29) is 6.29 Å². The van der Waals surface area contributed by atoms with E-state index >= 15 is 0 Å². The Bertz CT molecular complexity index is 199. The molecule has 1 rings (SSSR count). The van der Waals surface area contributed by atoms with Crippen LogP contribution in [0.3, 0.4) is 0 Å². The van der Waals surface area contributed by atoms with Gasteiger partial charge in [0.15, 0.2) is 6.29 Å². The molecular formula is C12H22O3. The number of methoxy groups -OCH3 is 2. The van der Waals surface area contributed by atoms with Crippen molar-refractivity contribution in [1.82, 2.24) is 0 Å².